The van der Waals surface area contributed by atoms with Gasteiger partial charge in [0.25, 0.3) is 0 Å². The van der Waals surface area contributed by atoms with Gasteiger partial charge in [-0.2, -0.15) is 0 Å². The SMILES string of the molecule is Nc1ccc(Cl)cc1CN(CCCO)C1CCC1. The van der Waals surface area contributed by atoms with E-state index in [0.29, 0.717) is 6.04 Å². The number of nitrogens with zero attached hydrogens (tertiary/aromatic N) is 1. The van der Waals surface area contributed by atoms with Crippen LogP contribution in [0.5, 0.6) is 0 Å². The average molecular weight is 269 g/mol. The van der Waals surface area contributed by atoms with Crippen molar-refractivity contribution in [3.63, 3.8) is 0 Å². The van der Waals surface area contributed by atoms with Crippen LogP contribution in [0.1, 0.15) is 31.2 Å². The molecule has 1 aromatic rings. The second-order valence-corrected chi connectivity index (χ2v) is 5.41. The first-order chi connectivity index (χ1) is 8.70. The van der Waals surface area contributed by atoms with Gasteiger partial charge in [0, 0.05) is 36.4 Å². The van der Waals surface area contributed by atoms with Crippen molar-refractivity contribution in [2.75, 3.05) is 18.9 Å². The molecule has 1 aliphatic carbocycles. The molecule has 0 radical (unpaired) electrons. The zero-order valence-electron chi connectivity index (χ0n) is 10.6. The fourth-order valence-electron chi connectivity index (χ4n) is 2.35. The first-order valence-electron chi connectivity index (χ1n) is 6.59. The van der Waals surface area contributed by atoms with Crippen molar-refractivity contribution in [2.45, 2.75) is 38.3 Å². The molecule has 1 saturated carbocycles. The minimum Gasteiger partial charge on any atom is -0.398 e. The van der Waals surface area contributed by atoms with Gasteiger partial charge in [-0.25, -0.2) is 0 Å². The summed E-state index contributed by atoms with van der Waals surface area (Å²) in [7, 11) is 0. The summed E-state index contributed by atoms with van der Waals surface area (Å²) in [6.07, 6.45) is 4.64. The Kier molecular flexibility index (Phi) is 4.87. The van der Waals surface area contributed by atoms with Crippen molar-refractivity contribution in [1.82, 2.24) is 4.90 Å². The number of rotatable bonds is 6. The number of aliphatic hydroxyl groups excluding tert-OH is 1. The molecule has 0 bridgehead atoms. The smallest absolute Gasteiger partial charge is 0.0443 e. The second kappa shape index (κ2) is 6.41. The summed E-state index contributed by atoms with van der Waals surface area (Å²) in [6.45, 7) is 2.00. The predicted molar refractivity (Wildman–Crippen MR) is 75.6 cm³/mol. The fraction of sp³-hybridized carbons (Fsp3) is 0.571. The molecule has 0 heterocycles. The monoisotopic (exact) mass is 268 g/mol. The molecule has 2 rings (SSSR count). The third-order valence-electron chi connectivity index (χ3n) is 3.67. The van der Waals surface area contributed by atoms with Gasteiger partial charge in [0.2, 0.25) is 0 Å². The van der Waals surface area contributed by atoms with Crippen molar-refractivity contribution in [3.8, 4) is 0 Å². The molecule has 0 saturated heterocycles. The largest absolute Gasteiger partial charge is 0.398 e. The van der Waals surface area contributed by atoms with Crippen LogP contribution in [0.4, 0.5) is 5.69 Å². The standard InChI is InChI=1S/C14H21ClN2O/c15-12-5-6-14(16)11(9-12)10-17(7-2-8-18)13-3-1-4-13/h5-6,9,13,18H,1-4,7-8,10,16H2. The average Bonchev–Trinajstić information content (AvgIpc) is 2.28. The number of benzene rings is 1. The first-order valence-corrected chi connectivity index (χ1v) is 6.97. The Morgan fingerprint density at radius 2 is 2.17 bits per heavy atom. The molecule has 0 aromatic heterocycles. The summed E-state index contributed by atoms with van der Waals surface area (Å²) in [5.74, 6) is 0. The number of anilines is 1. The maximum Gasteiger partial charge on any atom is 0.0443 e. The minimum atomic E-state index is 0.244. The second-order valence-electron chi connectivity index (χ2n) is 4.98. The maximum absolute atomic E-state index is 8.98. The fourth-order valence-corrected chi connectivity index (χ4v) is 2.54. The van der Waals surface area contributed by atoms with Gasteiger partial charge < -0.3 is 10.8 Å². The Balaban J connectivity index is 2.04. The van der Waals surface area contributed by atoms with Crippen LogP contribution in [0.15, 0.2) is 18.2 Å². The van der Waals surface area contributed by atoms with Crippen molar-refractivity contribution in [2.24, 2.45) is 0 Å². The molecule has 0 spiro atoms. The molecule has 0 atom stereocenters. The van der Waals surface area contributed by atoms with Crippen LogP contribution < -0.4 is 5.73 Å². The molecule has 100 valence electrons. The Labute approximate surface area is 114 Å². The van der Waals surface area contributed by atoms with Crippen molar-refractivity contribution in [3.05, 3.63) is 28.8 Å². The lowest BCUT2D eigenvalue weighted by molar-refractivity contribution is 0.109. The van der Waals surface area contributed by atoms with E-state index in [1.807, 2.05) is 18.2 Å². The summed E-state index contributed by atoms with van der Waals surface area (Å²) < 4.78 is 0. The summed E-state index contributed by atoms with van der Waals surface area (Å²) in [5, 5.41) is 9.71. The van der Waals surface area contributed by atoms with Crippen LogP contribution in [0, 0.1) is 0 Å². The number of hydrogen-bond acceptors (Lipinski definition) is 3. The van der Waals surface area contributed by atoms with Gasteiger partial charge in [-0.05, 0) is 43.0 Å². The Morgan fingerprint density at radius 1 is 1.39 bits per heavy atom. The Bertz CT molecular complexity index is 393. The summed E-state index contributed by atoms with van der Waals surface area (Å²) in [6, 6.07) is 6.28. The van der Waals surface area contributed by atoms with E-state index >= 15 is 0 Å². The minimum absolute atomic E-state index is 0.244. The van der Waals surface area contributed by atoms with Gasteiger partial charge in [0.05, 0.1) is 0 Å². The van der Waals surface area contributed by atoms with E-state index in [-0.39, 0.29) is 6.61 Å². The lowest BCUT2D eigenvalue weighted by atomic mass is 9.91. The molecule has 3 nitrogen and oxygen atoms in total. The summed E-state index contributed by atoms with van der Waals surface area (Å²) in [5.41, 5.74) is 7.88. The Morgan fingerprint density at radius 3 is 2.78 bits per heavy atom. The summed E-state index contributed by atoms with van der Waals surface area (Å²) >= 11 is 6.02. The van der Waals surface area contributed by atoms with Crippen molar-refractivity contribution >= 4 is 17.3 Å². The van der Waals surface area contributed by atoms with Gasteiger partial charge >= 0.3 is 0 Å². The lowest BCUT2D eigenvalue weighted by Crippen LogP contribution is -2.40. The number of nitrogens with two attached hydrogens (primary N) is 1. The van der Waals surface area contributed by atoms with Gasteiger partial charge in [0.1, 0.15) is 0 Å². The predicted octanol–water partition coefficient (Wildman–Crippen LogP) is 2.66. The molecule has 1 aliphatic rings. The quantitative estimate of drug-likeness (QED) is 0.780. The van der Waals surface area contributed by atoms with Gasteiger partial charge in [-0.1, -0.05) is 18.0 Å². The third-order valence-corrected chi connectivity index (χ3v) is 3.91. The van der Waals surface area contributed by atoms with E-state index in [2.05, 4.69) is 4.90 Å². The number of hydrogen-bond donors (Lipinski definition) is 2. The van der Waals surface area contributed by atoms with Gasteiger partial charge in [-0.15, -0.1) is 0 Å². The molecule has 0 unspecified atom stereocenters. The molecule has 0 aliphatic heterocycles. The molecular weight excluding hydrogens is 248 g/mol. The third kappa shape index (κ3) is 3.37. The van der Waals surface area contributed by atoms with Crippen LogP contribution in [0.3, 0.4) is 0 Å². The van der Waals surface area contributed by atoms with E-state index < -0.39 is 0 Å². The van der Waals surface area contributed by atoms with Crippen LogP contribution in [-0.4, -0.2) is 29.2 Å². The highest BCUT2D eigenvalue weighted by atomic mass is 35.5. The van der Waals surface area contributed by atoms with E-state index in [4.69, 9.17) is 22.4 Å². The van der Waals surface area contributed by atoms with Crippen LogP contribution in [0.25, 0.3) is 0 Å². The maximum atomic E-state index is 8.98. The molecule has 1 aromatic carbocycles. The molecule has 4 heteroatoms. The highest BCUT2D eigenvalue weighted by Crippen LogP contribution is 2.28. The zero-order chi connectivity index (χ0) is 13.0. The topological polar surface area (TPSA) is 49.5 Å². The Hall–Kier alpha value is -0.770. The molecule has 0 amide bonds. The van der Waals surface area contributed by atoms with E-state index in [9.17, 15) is 0 Å². The van der Waals surface area contributed by atoms with Crippen molar-refractivity contribution < 1.29 is 5.11 Å². The van der Waals surface area contributed by atoms with E-state index in [0.717, 1.165) is 35.8 Å². The normalized spacial score (nSPS) is 15.9. The first kappa shape index (κ1) is 13.7. The molecular formula is C14H21ClN2O. The molecule has 1 fully saturated rings. The molecule has 3 N–H and O–H groups in total. The van der Waals surface area contributed by atoms with Crippen LogP contribution >= 0.6 is 11.6 Å². The van der Waals surface area contributed by atoms with Crippen LogP contribution in [-0.2, 0) is 6.54 Å². The van der Waals surface area contributed by atoms with E-state index in [1.54, 1.807) is 0 Å². The molecule has 18 heavy (non-hydrogen) atoms. The number of nitrogen functional groups attached to an aromatic ring is 1. The van der Waals surface area contributed by atoms with E-state index in [1.165, 1.54) is 19.3 Å². The highest BCUT2D eigenvalue weighted by molar-refractivity contribution is 6.30. The lowest BCUT2D eigenvalue weighted by Gasteiger charge is -2.37. The van der Waals surface area contributed by atoms with Gasteiger partial charge in [0.15, 0.2) is 0 Å². The summed E-state index contributed by atoms with van der Waals surface area (Å²) in [4.78, 5) is 2.42. The van der Waals surface area contributed by atoms with Crippen LogP contribution in [0.2, 0.25) is 5.02 Å². The van der Waals surface area contributed by atoms with Crippen molar-refractivity contribution in [1.29, 1.82) is 0 Å². The highest BCUT2D eigenvalue weighted by Gasteiger charge is 2.24. The number of aliphatic hydroxyl groups is 1. The van der Waals surface area contributed by atoms with Gasteiger partial charge in [-0.3, -0.25) is 4.90 Å². The zero-order valence-corrected chi connectivity index (χ0v) is 11.4. The number of halogens is 1.